The molecule has 1 aromatic heterocycles. The molecule has 0 aliphatic carbocycles. The number of methoxy groups -OCH3 is 1. The lowest BCUT2D eigenvalue weighted by Crippen LogP contribution is -2.13. The maximum absolute atomic E-state index is 6.10. The second kappa shape index (κ2) is 4.58. The molecule has 0 aliphatic heterocycles. The minimum Gasteiger partial charge on any atom is -0.398 e. The molecule has 2 aromatic rings. The maximum Gasteiger partial charge on any atom is 0.0885 e. The average Bonchev–Trinajstić information content (AvgIpc) is 2.27. The van der Waals surface area contributed by atoms with Gasteiger partial charge in [0, 0.05) is 18.2 Å². The SMILES string of the molecule is COCc1cc(N)c2cccc(C(C)(C)C)c2n1. The van der Waals surface area contributed by atoms with E-state index in [4.69, 9.17) is 10.5 Å². The number of rotatable bonds is 2. The highest BCUT2D eigenvalue weighted by Crippen LogP contribution is 2.31. The Morgan fingerprint density at radius 3 is 2.61 bits per heavy atom. The molecule has 96 valence electrons. The number of ether oxygens (including phenoxy) is 1. The molecule has 3 heteroatoms. The Kier molecular flexibility index (Phi) is 3.26. The summed E-state index contributed by atoms with van der Waals surface area (Å²) in [4.78, 5) is 4.69. The quantitative estimate of drug-likeness (QED) is 0.882. The number of benzene rings is 1. The first-order valence-electron chi connectivity index (χ1n) is 6.11. The van der Waals surface area contributed by atoms with Crippen LogP contribution < -0.4 is 5.73 Å². The second-order valence-electron chi connectivity index (χ2n) is 5.59. The Morgan fingerprint density at radius 2 is 2.00 bits per heavy atom. The first-order chi connectivity index (χ1) is 8.43. The van der Waals surface area contributed by atoms with Gasteiger partial charge in [0.15, 0.2) is 0 Å². The Bertz CT molecular complexity index is 570. The summed E-state index contributed by atoms with van der Waals surface area (Å²) in [5.41, 5.74) is 9.98. The number of hydrogen-bond donors (Lipinski definition) is 1. The molecule has 2 rings (SSSR count). The highest BCUT2D eigenvalue weighted by atomic mass is 16.5. The monoisotopic (exact) mass is 244 g/mol. The van der Waals surface area contributed by atoms with Gasteiger partial charge in [-0.1, -0.05) is 39.0 Å². The summed E-state index contributed by atoms with van der Waals surface area (Å²) in [6.07, 6.45) is 0. The maximum atomic E-state index is 6.10. The third-order valence-corrected chi connectivity index (χ3v) is 3.02. The number of anilines is 1. The number of pyridine rings is 1. The van der Waals surface area contributed by atoms with E-state index in [9.17, 15) is 0 Å². The molecule has 0 amide bonds. The second-order valence-corrected chi connectivity index (χ2v) is 5.59. The summed E-state index contributed by atoms with van der Waals surface area (Å²) in [6, 6.07) is 8.06. The van der Waals surface area contributed by atoms with Crippen molar-refractivity contribution in [3.63, 3.8) is 0 Å². The van der Waals surface area contributed by atoms with E-state index in [2.05, 4.69) is 31.8 Å². The van der Waals surface area contributed by atoms with Crippen LogP contribution in [0.15, 0.2) is 24.3 Å². The number of aromatic nitrogens is 1. The molecule has 0 radical (unpaired) electrons. The molecule has 0 aliphatic rings. The Hall–Kier alpha value is -1.61. The van der Waals surface area contributed by atoms with Crippen molar-refractivity contribution in [3.05, 3.63) is 35.5 Å². The normalized spacial score (nSPS) is 12.0. The predicted octanol–water partition coefficient (Wildman–Crippen LogP) is 3.26. The highest BCUT2D eigenvalue weighted by Gasteiger charge is 2.18. The summed E-state index contributed by atoms with van der Waals surface area (Å²) < 4.78 is 5.14. The number of nitrogens with zero attached hydrogens (tertiary/aromatic N) is 1. The van der Waals surface area contributed by atoms with Gasteiger partial charge in [-0.05, 0) is 17.0 Å². The summed E-state index contributed by atoms with van der Waals surface area (Å²) in [5, 5.41) is 1.02. The number of para-hydroxylation sites is 1. The molecule has 1 heterocycles. The topological polar surface area (TPSA) is 48.1 Å². The van der Waals surface area contributed by atoms with Crippen LogP contribution in [0.25, 0.3) is 10.9 Å². The zero-order valence-electron chi connectivity index (χ0n) is 11.4. The van der Waals surface area contributed by atoms with Gasteiger partial charge in [0.1, 0.15) is 0 Å². The summed E-state index contributed by atoms with van der Waals surface area (Å²) in [7, 11) is 1.66. The zero-order valence-corrected chi connectivity index (χ0v) is 11.4. The fraction of sp³-hybridized carbons (Fsp3) is 0.400. The van der Waals surface area contributed by atoms with Crippen LogP contribution in [0.1, 0.15) is 32.0 Å². The van der Waals surface area contributed by atoms with Crippen LogP contribution in [0, 0.1) is 0 Å². The van der Waals surface area contributed by atoms with Crippen molar-refractivity contribution in [2.45, 2.75) is 32.8 Å². The van der Waals surface area contributed by atoms with Gasteiger partial charge in [-0.25, -0.2) is 4.98 Å². The average molecular weight is 244 g/mol. The molecular formula is C15H20N2O. The summed E-state index contributed by atoms with van der Waals surface area (Å²) >= 11 is 0. The van der Waals surface area contributed by atoms with E-state index in [0.29, 0.717) is 6.61 Å². The van der Waals surface area contributed by atoms with E-state index in [1.54, 1.807) is 7.11 Å². The predicted molar refractivity (Wildman–Crippen MR) is 75.6 cm³/mol. The van der Waals surface area contributed by atoms with E-state index in [0.717, 1.165) is 22.3 Å². The number of nitrogen functional groups attached to an aromatic ring is 1. The van der Waals surface area contributed by atoms with Crippen molar-refractivity contribution in [2.24, 2.45) is 0 Å². The molecule has 18 heavy (non-hydrogen) atoms. The standard InChI is InChI=1S/C15H20N2O/c1-15(2,3)12-7-5-6-11-13(16)8-10(9-18-4)17-14(11)12/h5-8H,9H2,1-4H3,(H2,16,17). The van der Waals surface area contributed by atoms with E-state index < -0.39 is 0 Å². The molecular weight excluding hydrogens is 224 g/mol. The first kappa shape index (κ1) is 12.8. The molecule has 0 saturated carbocycles. The van der Waals surface area contributed by atoms with E-state index in [-0.39, 0.29) is 5.41 Å². The largest absolute Gasteiger partial charge is 0.398 e. The molecule has 0 fully saturated rings. The molecule has 0 atom stereocenters. The van der Waals surface area contributed by atoms with Gasteiger partial charge < -0.3 is 10.5 Å². The highest BCUT2D eigenvalue weighted by molar-refractivity contribution is 5.92. The minimum absolute atomic E-state index is 0.0463. The van der Waals surface area contributed by atoms with Gasteiger partial charge >= 0.3 is 0 Å². The van der Waals surface area contributed by atoms with E-state index in [1.807, 2.05) is 18.2 Å². The molecule has 0 bridgehead atoms. The molecule has 0 unspecified atom stereocenters. The van der Waals surface area contributed by atoms with Gasteiger partial charge in [0.25, 0.3) is 0 Å². The van der Waals surface area contributed by atoms with E-state index >= 15 is 0 Å². The summed E-state index contributed by atoms with van der Waals surface area (Å²) in [6.45, 7) is 7.03. The first-order valence-corrected chi connectivity index (χ1v) is 6.11. The van der Waals surface area contributed by atoms with Crippen molar-refractivity contribution < 1.29 is 4.74 Å². The zero-order chi connectivity index (χ0) is 13.3. The minimum atomic E-state index is 0.0463. The Morgan fingerprint density at radius 1 is 1.28 bits per heavy atom. The number of hydrogen-bond acceptors (Lipinski definition) is 3. The smallest absolute Gasteiger partial charge is 0.0885 e. The van der Waals surface area contributed by atoms with Crippen LogP contribution in [-0.4, -0.2) is 12.1 Å². The van der Waals surface area contributed by atoms with Crippen LogP contribution in [0.2, 0.25) is 0 Å². The van der Waals surface area contributed by atoms with Crippen molar-refractivity contribution in [2.75, 3.05) is 12.8 Å². The van der Waals surface area contributed by atoms with Crippen LogP contribution in [0.4, 0.5) is 5.69 Å². The van der Waals surface area contributed by atoms with Gasteiger partial charge in [-0.3, -0.25) is 0 Å². The van der Waals surface area contributed by atoms with Crippen molar-refractivity contribution in [1.82, 2.24) is 4.98 Å². The van der Waals surface area contributed by atoms with Crippen LogP contribution in [-0.2, 0) is 16.8 Å². The Balaban J connectivity index is 2.74. The number of nitrogens with two attached hydrogens (primary N) is 1. The van der Waals surface area contributed by atoms with Crippen LogP contribution >= 0.6 is 0 Å². The fourth-order valence-electron chi connectivity index (χ4n) is 2.16. The molecule has 1 aromatic carbocycles. The van der Waals surface area contributed by atoms with Crippen molar-refractivity contribution in [1.29, 1.82) is 0 Å². The number of fused-ring (bicyclic) bond motifs is 1. The van der Waals surface area contributed by atoms with Gasteiger partial charge in [0.2, 0.25) is 0 Å². The van der Waals surface area contributed by atoms with E-state index in [1.165, 1.54) is 5.56 Å². The lowest BCUT2D eigenvalue weighted by atomic mass is 9.85. The Labute approximate surface area is 108 Å². The van der Waals surface area contributed by atoms with Gasteiger partial charge in [-0.15, -0.1) is 0 Å². The molecule has 3 nitrogen and oxygen atoms in total. The van der Waals surface area contributed by atoms with Crippen molar-refractivity contribution >= 4 is 16.6 Å². The van der Waals surface area contributed by atoms with Crippen molar-refractivity contribution in [3.8, 4) is 0 Å². The van der Waals surface area contributed by atoms with Gasteiger partial charge in [0.05, 0.1) is 17.8 Å². The third-order valence-electron chi connectivity index (χ3n) is 3.02. The third kappa shape index (κ3) is 2.31. The molecule has 0 spiro atoms. The summed E-state index contributed by atoms with van der Waals surface area (Å²) in [5.74, 6) is 0. The van der Waals surface area contributed by atoms with Gasteiger partial charge in [-0.2, -0.15) is 0 Å². The lowest BCUT2D eigenvalue weighted by Gasteiger charge is -2.21. The molecule has 0 saturated heterocycles. The molecule has 2 N–H and O–H groups in total. The van der Waals surface area contributed by atoms with Crippen LogP contribution in [0.5, 0.6) is 0 Å². The van der Waals surface area contributed by atoms with Crippen LogP contribution in [0.3, 0.4) is 0 Å². The fourth-order valence-corrected chi connectivity index (χ4v) is 2.16. The lowest BCUT2D eigenvalue weighted by molar-refractivity contribution is 0.182.